The number of carboxylic acids is 1. The Hall–Kier alpha value is -3.72. The fourth-order valence-corrected chi connectivity index (χ4v) is 2.62. The van der Waals surface area contributed by atoms with Crippen molar-refractivity contribution in [2.45, 2.75) is 25.6 Å². The van der Waals surface area contributed by atoms with E-state index in [2.05, 4.69) is 20.8 Å². The topological polar surface area (TPSA) is 138 Å². The molecule has 1 aromatic heterocycles. The summed E-state index contributed by atoms with van der Waals surface area (Å²) in [6.45, 7) is 1.18. The highest BCUT2D eigenvalue weighted by Gasteiger charge is 2.25. The van der Waals surface area contributed by atoms with Crippen molar-refractivity contribution >= 4 is 12.0 Å². The Morgan fingerprint density at radius 1 is 1.03 bits per heavy atom. The van der Waals surface area contributed by atoms with E-state index in [-0.39, 0.29) is 12.4 Å². The minimum absolute atomic E-state index is 0.0902. The monoisotopic (exact) mass is 396 g/mol. The number of carboxylic acid groups (broad SMARTS) is 1. The highest BCUT2D eigenvalue weighted by Crippen LogP contribution is 2.23. The van der Waals surface area contributed by atoms with Crippen molar-refractivity contribution in [1.29, 1.82) is 0 Å². The van der Waals surface area contributed by atoms with Gasteiger partial charge in [0.25, 0.3) is 0 Å². The van der Waals surface area contributed by atoms with Crippen LogP contribution in [0.3, 0.4) is 0 Å². The number of hydrogen-bond acceptors (Lipinski definition) is 6. The summed E-state index contributed by atoms with van der Waals surface area (Å²) in [5.74, 6) is -0.811. The first-order chi connectivity index (χ1) is 13.9. The molecule has 9 heteroatoms. The van der Waals surface area contributed by atoms with Crippen LogP contribution in [-0.4, -0.2) is 44.5 Å². The van der Waals surface area contributed by atoms with Gasteiger partial charge in [-0.15, -0.1) is 0 Å². The van der Waals surface area contributed by atoms with Crippen LogP contribution in [0.1, 0.15) is 12.8 Å². The molecule has 9 nitrogen and oxygen atoms in total. The summed E-state index contributed by atoms with van der Waals surface area (Å²) < 4.78 is 5.11. The fraction of sp³-hybridized carbons (Fsp3) is 0.200. The molecule has 3 aromatic rings. The Morgan fingerprint density at radius 3 is 2.28 bits per heavy atom. The summed E-state index contributed by atoms with van der Waals surface area (Å²) in [6.07, 6.45) is -1.24. The average Bonchev–Trinajstić information content (AvgIpc) is 3.20. The van der Waals surface area contributed by atoms with Crippen LogP contribution in [0.2, 0.25) is 0 Å². The second kappa shape index (κ2) is 8.98. The van der Waals surface area contributed by atoms with E-state index in [1.165, 1.54) is 6.92 Å². The smallest absolute Gasteiger partial charge is 0.328 e. The van der Waals surface area contributed by atoms with Crippen molar-refractivity contribution in [3.05, 3.63) is 60.5 Å². The lowest BCUT2D eigenvalue weighted by Crippen LogP contribution is -2.51. The molecule has 29 heavy (non-hydrogen) atoms. The lowest BCUT2D eigenvalue weighted by molar-refractivity contribution is -0.141. The van der Waals surface area contributed by atoms with Crippen molar-refractivity contribution in [3.8, 4) is 22.5 Å². The number of aliphatic carboxylic acids is 1. The van der Waals surface area contributed by atoms with E-state index in [9.17, 15) is 14.7 Å². The molecule has 0 aliphatic carbocycles. The number of hydrogen-bond donors (Lipinski definition) is 4. The molecule has 0 bridgehead atoms. The van der Waals surface area contributed by atoms with Crippen LogP contribution >= 0.6 is 0 Å². The molecule has 1 heterocycles. The number of aromatic nitrogens is 2. The lowest BCUT2D eigenvalue weighted by Gasteiger charge is -2.16. The van der Waals surface area contributed by atoms with Crippen LogP contribution in [0.4, 0.5) is 4.79 Å². The van der Waals surface area contributed by atoms with Gasteiger partial charge in [0, 0.05) is 5.56 Å². The van der Waals surface area contributed by atoms with E-state index in [4.69, 9.17) is 9.63 Å². The predicted molar refractivity (Wildman–Crippen MR) is 104 cm³/mol. The molecule has 0 aliphatic rings. The molecular formula is C20H20N4O5. The quantitative estimate of drug-likeness (QED) is 0.479. The van der Waals surface area contributed by atoms with Crippen molar-refractivity contribution < 1.29 is 24.3 Å². The maximum atomic E-state index is 11.8. The number of urea groups is 1. The number of aliphatic hydroxyl groups excluding tert-OH is 1. The van der Waals surface area contributed by atoms with E-state index >= 15 is 0 Å². The van der Waals surface area contributed by atoms with E-state index in [0.717, 1.165) is 16.7 Å². The molecule has 0 saturated carbocycles. The first kappa shape index (κ1) is 20.0. The molecule has 3 rings (SSSR count). The number of nitrogens with zero attached hydrogens (tertiary/aromatic N) is 2. The van der Waals surface area contributed by atoms with Crippen LogP contribution < -0.4 is 10.6 Å². The number of carbonyl (C=O) groups is 2. The number of rotatable bonds is 7. The molecule has 0 saturated heterocycles. The van der Waals surface area contributed by atoms with E-state index in [0.29, 0.717) is 5.82 Å². The van der Waals surface area contributed by atoms with Gasteiger partial charge in [0.2, 0.25) is 11.7 Å². The summed E-state index contributed by atoms with van der Waals surface area (Å²) in [5.41, 5.74) is 2.91. The number of amides is 2. The number of nitrogens with one attached hydrogen (secondary N) is 2. The van der Waals surface area contributed by atoms with Gasteiger partial charge in [-0.1, -0.05) is 59.8 Å². The van der Waals surface area contributed by atoms with Gasteiger partial charge >= 0.3 is 12.0 Å². The van der Waals surface area contributed by atoms with Crippen LogP contribution in [0, 0.1) is 0 Å². The molecular weight excluding hydrogens is 376 g/mol. The third-order valence-corrected chi connectivity index (χ3v) is 4.15. The maximum absolute atomic E-state index is 11.8. The standard InChI is InChI=1S/C20H20N4O5/c1-12(25)17(19(26)27)23-20(28)21-11-16-22-18(24-29-16)15-9-7-14(8-10-15)13-5-3-2-4-6-13/h2-10,12,17,25H,11H2,1H3,(H,26,27)(H2,21,23,28). The molecule has 4 N–H and O–H groups in total. The summed E-state index contributed by atoms with van der Waals surface area (Å²) in [7, 11) is 0. The number of carbonyl (C=O) groups excluding carboxylic acids is 1. The molecule has 2 unspecified atom stereocenters. The zero-order valence-electron chi connectivity index (χ0n) is 15.6. The minimum Gasteiger partial charge on any atom is -0.480 e. The van der Waals surface area contributed by atoms with Gasteiger partial charge in [-0.2, -0.15) is 4.98 Å². The van der Waals surface area contributed by atoms with E-state index in [1.54, 1.807) is 0 Å². The molecule has 0 aliphatic heterocycles. The number of benzene rings is 2. The maximum Gasteiger partial charge on any atom is 0.328 e. The normalized spacial score (nSPS) is 12.8. The van der Waals surface area contributed by atoms with Crippen LogP contribution in [-0.2, 0) is 11.3 Å². The Bertz CT molecular complexity index is 970. The molecule has 0 radical (unpaired) electrons. The highest BCUT2D eigenvalue weighted by atomic mass is 16.5. The third-order valence-electron chi connectivity index (χ3n) is 4.15. The number of aliphatic hydroxyl groups is 1. The minimum atomic E-state index is -1.42. The fourth-order valence-electron chi connectivity index (χ4n) is 2.62. The Labute approximate surface area is 166 Å². The Balaban J connectivity index is 1.59. The van der Waals surface area contributed by atoms with E-state index < -0.39 is 24.1 Å². The predicted octanol–water partition coefficient (Wildman–Crippen LogP) is 2.04. The van der Waals surface area contributed by atoms with Crippen LogP contribution in [0.15, 0.2) is 59.1 Å². The second-order valence-corrected chi connectivity index (χ2v) is 6.34. The first-order valence-electron chi connectivity index (χ1n) is 8.87. The molecule has 2 aromatic carbocycles. The third kappa shape index (κ3) is 5.17. The van der Waals surface area contributed by atoms with Crippen molar-refractivity contribution in [1.82, 2.24) is 20.8 Å². The first-order valence-corrected chi connectivity index (χ1v) is 8.87. The summed E-state index contributed by atoms with van der Waals surface area (Å²) in [6, 6.07) is 15.4. The van der Waals surface area contributed by atoms with Crippen molar-refractivity contribution in [2.24, 2.45) is 0 Å². The summed E-state index contributed by atoms with van der Waals surface area (Å²) in [5, 5.41) is 26.8. The van der Waals surface area contributed by atoms with Crippen LogP contribution in [0.5, 0.6) is 0 Å². The van der Waals surface area contributed by atoms with Crippen LogP contribution in [0.25, 0.3) is 22.5 Å². The molecule has 2 amide bonds. The van der Waals surface area contributed by atoms with Crippen molar-refractivity contribution in [3.63, 3.8) is 0 Å². The Morgan fingerprint density at radius 2 is 1.66 bits per heavy atom. The van der Waals surface area contributed by atoms with Gasteiger partial charge in [0.15, 0.2) is 6.04 Å². The highest BCUT2D eigenvalue weighted by molar-refractivity contribution is 5.82. The van der Waals surface area contributed by atoms with E-state index in [1.807, 2.05) is 54.6 Å². The summed E-state index contributed by atoms with van der Waals surface area (Å²) in [4.78, 5) is 27.0. The van der Waals surface area contributed by atoms with Gasteiger partial charge in [-0.05, 0) is 18.1 Å². The molecule has 0 spiro atoms. The molecule has 150 valence electrons. The van der Waals surface area contributed by atoms with Gasteiger partial charge in [0.1, 0.15) is 0 Å². The largest absolute Gasteiger partial charge is 0.480 e. The van der Waals surface area contributed by atoms with Gasteiger partial charge in [-0.3, -0.25) is 0 Å². The zero-order chi connectivity index (χ0) is 20.8. The average molecular weight is 396 g/mol. The summed E-state index contributed by atoms with van der Waals surface area (Å²) >= 11 is 0. The van der Waals surface area contributed by atoms with Gasteiger partial charge in [-0.25, -0.2) is 9.59 Å². The zero-order valence-corrected chi connectivity index (χ0v) is 15.6. The van der Waals surface area contributed by atoms with Gasteiger partial charge in [0.05, 0.1) is 12.6 Å². The van der Waals surface area contributed by atoms with Crippen molar-refractivity contribution in [2.75, 3.05) is 0 Å². The molecule has 0 fully saturated rings. The van der Waals surface area contributed by atoms with Gasteiger partial charge < -0.3 is 25.4 Å². The lowest BCUT2D eigenvalue weighted by atomic mass is 10.0. The Kier molecular flexibility index (Phi) is 6.20. The SMILES string of the molecule is CC(O)C(NC(=O)NCc1nc(-c2ccc(-c3ccccc3)cc2)no1)C(=O)O. The second-order valence-electron chi connectivity index (χ2n) is 6.34. The molecule has 2 atom stereocenters.